The Morgan fingerprint density at radius 2 is 2.00 bits per heavy atom. The highest BCUT2D eigenvalue weighted by molar-refractivity contribution is 5.76. The number of aromatic nitrogens is 2. The van der Waals surface area contributed by atoms with E-state index < -0.39 is 0 Å². The molecule has 1 atom stereocenters. The van der Waals surface area contributed by atoms with E-state index in [2.05, 4.69) is 22.1 Å². The van der Waals surface area contributed by atoms with Gasteiger partial charge in [0.05, 0.1) is 5.52 Å². The van der Waals surface area contributed by atoms with Gasteiger partial charge in [-0.05, 0) is 29.7 Å². The molecule has 4 rings (SSSR count). The summed E-state index contributed by atoms with van der Waals surface area (Å²) in [5.74, 6) is 0.893. The molecule has 3 aromatic rings. The van der Waals surface area contributed by atoms with Crippen LogP contribution in [0.5, 0.6) is 0 Å². The van der Waals surface area contributed by atoms with Gasteiger partial charge >= 0.3 is 0 Å². The predicted molar refractivity (Wildman–Crippen MR) is 68.0 cm³/mol. The number of H-pyrrole nitrogens is 1. The van der Waals surface area contributed by atoms with Crippen LogP contribution >= 0.6 is 0 Å². The Kier molecular flexibility index (Phi) is 1.87. The lowest BCUT2D eigenvalue weighted by Gasteiger charge is -2.28. The summed E-state index contributed by atoms with van der Waals surface area (Å²) in [6.45, 7) is 0. The number of hydrogen-bond acceptors (Lipinski definition) is 1. The van der Waals surface area contributed by atoms with Crippen LogP contribution in [0.1, 0.15) is 22.9 Å². The zero-order chi connectivity index (χ0) is 12.1. The Morgan fingerprint density at radius 3 is 2.83 bits per heavy atom. The first-order chi connectivity index (χ1) is 8.83. The maximum absolute atomic E-state index is 13.6. The second-order valence-electron chi connectivity index (χ2n) is 4.71. The minimum atomic E-state index is -0.261. The molecule has 0 spiro atoms. The molecule has 1 aliphatic rings. The normalized spacial score (nSPS) is 17.5. The lowest BCUT2D eigenvalue weighted by molar-refractivity contribution is 0.634. The number of nitrogens with one attached hydrogen (secondary N) is 1. The van der Waals surface area contributed by atoms with Crippen molar-refractivity contribution < 1.29 is 4.39 Å². The van der Waals surface area contributed by atoms with Crippen LogP contribution in [0.3, 0.4) is 0 Å². The Bertz CT molecular complexity index is 745. The number of aromatic amines is 1. The highest BCUT2D eigenvalue weighted by atomic mass is 19.1. The topological polar surface area (TPSA) is 28.7 Å². The molecule has 0 aliphatic heterocycles. The van der Waals surface area contributed by atoms with Gasteiger partial charge in [-0.25, -0.2) is 9.37 Å². The average Bonchev–Trinajstić information content (AvgIpc) is 2.76. The van der Waals surface area contributed by atoms with E-state index in [1.54, 1.807) is 6.07 Å². The van der Waals surface area contributed by atoms with Crippen molar-refractivity contribution in [3.8, 4) is 0 Å². The molecule has 0 fully saturated rings. The molecule has 3 heteroatoms. The maximum atomic E-state index is 13.6. The SMILES string of the molecule is Fc1cccc2[nH]c(C3Cc4ccccc43)nc12. The lowest BCUT2D eigenvalue weighted by atomic mass is 9.77. The number of halogens is 1. The first kappa shape index (κ1) is 9.83. The fourth-order valence-corrected chi connectivity index (χ4v) is 2.68. The summed E-state index contributed by atoms with van der Waals surface area (Å²) in [5, 5.41) is 0. The van der Waals surface area contributed by atoms with Gasteiger partial charge in [0, 0.05) is 5.92 Å². The van der Waals surface area contributed by atoms with Crippen molar-refractivity contribution in [3.05, 3.63) is 65.2 Å². The van der Waals surface area contributed by atoms with Gasteiger partial charge in [0.2, 0.25) is 0 Å². The van der Waals surface area contributed by atoms with E-state index in [0.29, 0.717) is 5.52 Å². The van der Waals surface area contributed by atoms with Gasteiger partial charge < -0.3 is 4.98 Å². The highest BCUT2D eigenvalue weighted by Crippen LogP contribution is 2.39. The number of rotatable bonds is 1. The van der Waals surface area contributed by atoms with Gasteiger partial charge in [-0.15, -0.1) is 0 Å². The molecule has 0 saturated heterocycles. The van der Waals surface area contributed by atoms with Crippen molar-refractivity contribution in [3.63, 3.8) is 0 Å². The molecule has 2 nitrogen and oxygen atoms in total. The van der Waals surface area contributed by atoms with E-state index >= 15 is 0 Å². The summed E-state index contributed by atoms with van der Waals surface area (Å²) in [7, 11) is 0. The molecule has 88 valence electrons. The van der Waals surface area contributed by atoms with Crippen molar-refractivity contribution >= 4 is 11.0 Å². The van der Waals surface area contributed by atoms with Crippen LogP contribution in [-0.4, -0.2) is 9.97 Å². The standard InChI is InChI=1S/C15H11FN2/c16-12-6-3-7-13-14(12)18-15(17-13)11-8-9-4-1-2-5-10(9)11/h1-7,11H,8H2,(H,17,18). The molecule has 2 aromatic carbocycles. The number of para-hydroxylation sites is 1. The summed E-state index contributed by atoms with van der Waals surface area (Å²) in [6, 6.07) is 13.3. The van der Waals surface area contributed by atoms with Crippen LogP contribution in [0.25, 0.3) is 11.0 Å². The van der Waals surface area contributed by atoms with Crippen molar-refractivity contribution in [1.82, 2.24) is 9.97 Å². The molecule has 0 saturated carbocycles. The van der Waals surface area contributed by atoms with Crippen LogP contribution < -0.4 is 0 Å². The Balaban J connectivity index is 1.84. The van der Waals surface area contributed by atoms with Crippen molar-refractivity contribution in [2.75, 3.05) is 0 Å². The van der Waals surface area contributed by atoms with Crippen LogP contribution in [0.4, 0.5) is 4.39 Å². The molecular formula is C15H11FN2. The predicted octanol–water partition coefficient (Wildman–Crippen LogP) is 3.39. The number of hydrogen-bond donors (Lipinski definition) is 1. The fraction of sp³-hybridized carbons (Fsp3) is 0.133. The van der Waals surface area contributed by atoms with E-state index in [1.165, 1.54) is 17.2 Å². The van der Waals surface area contributed by atoms with Gasteiger partial charge in [0.1, 0.15) is 11.3 Å². The molecule has 0 amide bonds. The zero-order valence-corrected chi connectivity index (χ0v) is 9.65. The van der Waals surface area contributed by atoms with Crippen molar-refractivity contribution in [1.29, 1.82) is 0 Å². The minimum absolute atomic E-state index is 0.261. The van der Waals surface area contributed by atoms with Gasteiger partial charge in [-0.1, -0.05) is 30.3 Å². The summed E-state index contributed by atoms with van der Waals surface area (Å²) >= 11 is 0. The zero-order valence-electron chi connectivity index (χ0n) is 9.65. The molecule has 1 N–H and O–H groups in total. The summed E-state index contributed by atoms with van der Waals surface area (Å²) in [4.78, 5) is 7.63. The quantitative estimate of drug-likeness (QED) is 0.691. The number of imidazole rings is 1. The molecule has 1 heterocycles. The first-order valence-corrected chi connectivity index (χ1v) is 6.05. The van der Waals surface area contributed by atoms with Crippen LogP contribution in [0.2, 0.25) is 0 Å². The minimum Gasteiger partial charge on any atom is -0.341 e. The third-order valence-electron chi connectivity index (χ3n) is 3.67. The van der Waals surface area contributed by atoms with Gasteiger partial charge in [-0.3, -0.25) is 0 Å². The second kappa shape index (κ2) is 3.42. The van der Waals surface area contributed by atoms with E-state index in [1.807, 2.05) is 18.2 Å². The number of nitrogens with zero attached hydrogens (tertiary/aromatic N) is 1. The average molecular weight is 238 g/mol. The molecule has 1 aliphatic carbocycles. The molecule has 0 bridgehead atoms. The third-order valence-corrected chi connectivity index (χ3v) is 3.67. The van der Waals surface area contributed by atoms with Crippen LogP contribution in [0.15, 0.2) is 42.5 Å². The molecular weight excluding hydrogens is 227 g/mol. The van der Waals surface area contributed by atoms with Gasteiger partial charge in [-0.2, -0.15) is 0 Å². The molecule has 1 unspecified atom stereocenters. The largest absolute Gasteiger partial charge is 0.341 e. The Morgan fingerprint density at radius 1 is 1.11 bits per heavy atom. The monoisotopic (exact) mass is 238 g/mol. The van der Waals surface area contributed by atoms with Gasteiger partial charge in [0.15, 0.2) is 5.82 Å². The highest BCUT2D eigenvalue weighted by Gasteiger charge is 2.29. The fourth-order valence-electron chi connectivity index (χ4n) is 2.68. The first-order valence-electron chi connectivity index (χ1n) is 6.05. The van der Waals surface area contributed by atoms with E-state index in [-0.39, 0.29) is 11.7 Å². The smallest absolute Gasteiger partial charge is 0.151 e. The molecule has 1 aromatic heterocycles. The van der Waals surface area contributed by atoms with Crippen LogP contribution in [0, 0.1) is 5.82 Å². The number of benzene rings is 2. The Hall–Kier alpha value is -2.16. The van der Waals surface area contributed by atoms with E-state index in [0.717, 1.165) is 17.8 Å². The maximum Gasteiger partial charge on any atom is 0.151 e. The Labute approximate surface area is 103 Å². The molecule has 18 heavy (non-hydrogen) atoms. The van der Waals surface area contributed by atoms with Crippen LogP contribution in [-0.2, 0) is 6.42 Å². The van der Waals surface area contributed by atoms with E-state index in [4.69, 9.17) is 0 Å². The van der Waals surface area contributed by atoms with Crippen molar-refractivity contribution in [2.24, 2.45) is 0 Å². The van der Waals surface area contributed by atoms with E-state index in [9.17, 15) is 4.39 Å². The summed E-state index contributed by atoms with van der Waals surface area (Å²) in [5.41, 5.74) is 3.88. The van der Waals surface area contributed by atoms with Gasteiger partial charge in [0.25, 0.3) is 0 Å². The number of fused-ring (bicyclic) bond motifs is 2. The summed E-state index contributed by atoms with van der Waals surface area (Å²) < 4.78 is 13.6. The lowest BCUT2D eigenvalue weighted by Crippen LogP contribution is -2.19. The van der Waals surface area contributed by atoms with Crippen molar-refractivity contribution in [2.45, 2.75) is 12.3 Å². The summed E-state index contributed by atoms with van der Waals surface area (Å²) in [6.07, 6.45) is 0.984. The third kappa shape index (κ3) is 1.24. The molecule has 0 radical (unpaired) electrons. The second-order valence-corrected chi connectivity index (χ2v) is 4.71.